The summed E-state index contributed by atoms with van der Waals surface area (Å²) in [4.78, 5) is 0.917. The van der Waals surface area contributed by atoms with Crippen LogP contribution >= 0.6 is 22.9 Å². The summed E-state index contributed by atoms with van der Waals surface area (Å²) in [5, 5.41) is 11.5. The molecule has 1 rings (SSSR count). The van der Waals surface area contributed by atoms with Crippen molar-refractivity contribution in [1.82, 2.24) is 0 Å². The maximum atomic E-state index is 8.99. The molecule has 1 N–H and O–H groups in total. The molecule has 0 aliphatic carbocycles. The lowest BCUT2D eigenvalue weighted by molar-refractivity contribution is 0.203. The number of aliphatic hydroxyl groups is 1. The first-order valence-electron chi connectivity index (χ1n) is 2.62. The summed E-state index contributed by atoms with van der Waals surface area (Å²) in [6.45, 7) is 1.72. The third kappa shape index (κ3) is 1.68. The van der Waals surface area contributed by atoms with Gasteiger partial charge >= 0.3 is 0 Å². The first-order valence-corrected chi connectivity index (χ1v) is 3.88. The van der Waals surface area contributed by atoms with Gasteiger partial charge in [0.25, 0.3) is 0 Å². The molecule has 0 saturated carbocycles. The molecule has 9 heavy (non-hydrogen) atoms. The van der Waals surface area contributed by atoms with Crippen LogP contribution in [-0.4, -0.2) is 5.11 Å². The first kappa shape index (κ1) is 7.06. The van der Waals surface area contributed by atoms with Crippen molar-refractivity contribution < 1.29 is 5.11 Å². The van der Waals surface area contributed by atoms with Crippen molar-refractivity contribution in [2.24, 2.45) is 0 Å². The predicted molar refractivity (Wildman–Crippen MR) is 40.0 cm³/mol. The van der Waals surface area contributed by atoms with Gasteiger partial charge < -0.3 is 5.11 Å². The summed E-state index contributed by atoms with van der Waals surface area (Å²) in [6.07, 6.45) is -0.387. The SMILES string of the molecule is C[C@@H](O)c1cc(Cl)cs1. The molecule has 0 saturated heterocycles. The largest absolute Gasteiger partial charge is 0.388 e. The number of thiophene rings is 1. The zero-order valence-electron chi connectivity index (χ0n) is 4.97. The summed E-state index contributed by atoms with van der Waals surface area (Å²) in [5.74, 6) is 0. The Morgan fingerprint density at radius 1 is 1.78 bits per heavy atom. The van der Waals surface area contributed by atoms with E-state index >= 15 is 0 Å². The second kappa shape index (κ2) is 2.69. The number of aliphatic hydroxyl groups excluding tert-OH is 1. The summed E-state index contributed by atoms with van der Waals surface area (Å²) in [6, 6.07) is 1.77. The Kier molecular flexibility index (Phi) is 2.11. The minimum absolute atomic E-state index is 0.387. The fraction of sp³-hybridized carbons (Fsp3) is 0.333. The maximum absolute atomic E-state index is 8.99. The monoisotopic (exact) mass is 162 g/mol. The molecule has 1 heterocycles. The van der Waals surface area contributed by atoms with Crippen LogP contribution in [0.2, 0.25) is 5.02 Å². The van der Waals surface area contributed by atoms with Crippen molar-refractivity contribution in [3.8, 4) is 0 Å². The van der Waals surface area contributed by atoms with Crippen LogP contribution < -0.4 is 0 Å². The first-order chi connectivity index (χ1) is 4.20. The molecule has 0 bridgehead atoms. The van der Waals surface area contributed by atoms with Gasteiger partial charge in [0.15, 0.2) is 0 Å². The van der Waals surface area contributed by atoms with Crippen LogP contribution in [0.1, 0.15) is 17.9 Å². The molecule has 0 fully saturated rings. The van der Waals surface area contributed by atoms with Gasteiger partial charge in [0.2, 0.25) is 0 Å². The highest BCUT2D eigenvalue weighted by Crippen LogP contribution is 2.24. The van der Waals surface area contributed by atoms with E-state index in [0.29, 0.717) is 5.02 Å². The van der Waals surface area contributed by atoms with Gasteiger partial charge in [0, 0.05) is 10.3 Å². The summed E-state index contributed by atoms with van der Waals surface area (Å²) in [5.41, 5.74) is 0. The minimum atomic E-state index is -0.387. The third-order valence-electron chi connectivity index (χ3n) is 0.999. The molecule has 0 radical (unpaired) electrons. The summed E-state index contributed by atoms with van der Waals surface area (Å²) < 4.78 is 0. The van der Waals surface area contributed by atoms with Crippen molar-refractivity contribution in [2.75, 3.05) is 0 Å². The van der Waals surface area contributed by atoms with Gasteiger partial charge in [-0.15, -0.1) is 11.3 Å². The van der Waals surface area contributed by atoms with E-state index in [1.165, 1.54) is 11.3 Å². The highest BCUT2D eigenvalue weighted by atomic mass is 35.5. The Bertz CT molecular complexity index is 195. The molecule has 0 aromatic carbocycles. The normalized spacial score (nSPS) is 13.7. The molecule has 1 nitrogen and oxygen atoms in total. The zero-order chi connectivity index (χ0) is 6.85. The highest BCUT2D eigenvalue weighted by Gasteiger charge is 2.01. The number of rotatable bonds is 1. The van der Waals surface area contributed by atoms with Crippen LogP contribution in [0.4, 0.5) is 0 Å². The summed E-state index contributed by atoms with van der Waals surface area (Å²) >= 11 is 7.08. The standard InChI is InChI=1S/C6H7ClOS/c1-4(8)6-2-5(7)3-9-6/h2-4,8H,1H3/t4-/m1/s1. The maximum Gasteiger partial charge on any atom is 0.0854 e. The fourth-order valence-electron chi connectivity index (χ4n) is 0.547. The Morgan fingerprint density at radius 2 is 2.44 bits per heavy atom. The van der Waals surface area contributed by atoms with Crippen molar-refractivity contribution in [3.63, 3.8) is 0 Å². The van der Waals surface area contributed by atoms with E-state index in [0.717, 1.165) is 4.88 Å². The molecule has 0 spiro atoms. The van der Waals surface area contributed by atoms with Gasteiger partial charge in [-0.1, -0.05) is 11.6 Å². The van der Waals surface area contributed by atoms with E-state index in [9.17, 15) is 0 Å². The zero-order valence-corrected chi connectivity index (χ0v) is 6.54. The van der Waals surface area contributed by atoms with Crippen molar-refractivity contribution in [2.45, 2.75) is 13.0 Å². The van der Waals surface area contributed by atoms with Crippen LogP contribution in [0.3, 0.4) is 0 Å². The molecular formula is C6H7ClOS. The molecule has 0 unspecified atom stereocenters. The van der Waals surface area contributed by atoms with Crippen LogP contribution in [0.5, 0.6) is 0 Å². The van der Waals surface area contributed by atoms with Gasteiger partial charge in [-0.05, 0) is 13.0 Å². The second-order valence-corrected chi connectivity index (χ2v) is 3.22. The molecule has 0 aliphatic rings. The van der Waals surface area contributed by atoms with Crippen LogP contribution in [-0.2, 0) is 0 Å². The van der Waals surface area contributed by atoms with E-state index in [-0.39, 0.29) is 6.10 Å². The topological polar surface area (TPSA) is 20.2 Å². The number of hydrogen-bond acceptors (Lipinski definition) is 2. The fourth-order valence-corrected chi connectivity index (χ4v) is 1.57. The lowest BCUT2D eigenvalue weighted by Gasteiger charge is -1.95. The van der Waals surface area contributed by atoms with E-state index in [1.807, 2.05) is 5.38 Å². The third-order valence-corrected chi connectivity index (χ3v) is 2.45. The van der Waals surface area contributed by atoms with Gasteiger partial charge in [0.05, 0.1) is 11.1 Å². The van der Waals surface area contributed by atoms with Crippen molar-refractivity contribution in [3.05, 3.63) is 21.3 Å². The molecule has 1 aromatic rings. The lowest BCUT2D eigenvalue weighted by Crippen LogP contribution is -1.83. The molecule has 1 aromatic heterocycles. The van der Waals surface area contributed by atoms with Gasteiger partial charge in [-0.3, -0.25) is 0 Å². The van der Waals surface area contributed by atoms with Crippen LogP contribution in [0, 0.1) is 0 Å². The second-order valence-electron chi connectivity index (χ2n) is 1.84. The minimum Gasteiger partial charge on any atom is -0.388 e. The molecule has 50 valence electrons. The van der Waals surface area contributed by atoms with Crippen molar-refractivity contribution >= 4 is 22.9 Å². The average molecular weight is 163 g/mol. The van der Waals surface area contributed by atoms with E-state index < -0.39 is 0 Å². The molecule has 3 heteroatoms. The molecule has 0 amide bonds. The molecule has 1 atom stereocenters. The quantitative estimate of drug-likeness (QED) is 0.673. The van der Waals surface area contributed by atoms with Crippen LogP contribution in [0.25, 0.3) is 0 Å². The van der Waals surface area contributed by atoms with E-state index in [1.54, 1.807) is 13.0 Å². The van der Waals surface area contributed by atoms with Crippen molar-refractivity contribution in [1.29, 1.82) is 0 Å². The Labute approximate surface area is 62.9 Å². The Morgan fingerprint density at radius 3 is 2.67 bits per heavy atom. The Balaban J connectivity index is 2.85. The highest BCUT2D eigenvalue weighted by molar-refractivity contribution is 7.10. The summed E-state index contributed by atoms with van der Waals surface area (Å²) in [7, 11) is 0. The molecular weight excluding hydrogens is 156 g/mol. The van der Waals surface area contributed by atoms with Gasteiger partial charge in [0.1, 0.15) is 0 Å². The molecule has 0 aliphatic heterocycles. The van der Waals surface area contributed by atoms with Gasteiger partial charge in [-0.25, -0.2) is 0 Å². The Hall–Kier alpha value is -0.0500. The smallest absolute Gasteiger partial charge is 0.0854 e. The van der Waals surface area contributed by atoms with E-state index in [2.05, 4.69) is 0 Å². The lowest BCUT2D eigenvalue weighted by atomic mass is 10.3. The number of hydrogen-bond donors (Lipinski definition) is 1. The number of halogens is 1. The van der Waals surface area contributed by atoms with Gasteiger partial charge in [-0.2, -0.15) is 0 Å². The van der Waals surface area contributed by atoms with E-state index in [4.69, 9.17) is 16.7 Å². The predicted octanol–water partition coefficient (Wildman–Crippen LogP) is 2.45. The van der Waals surface area contributed by atoms with Crippen LogP contribution in [0.15, 0.2) is 11.4 Å². The average Bonchev–Trinajstić information content (AvgIpc) is 2.14.